The Morgan fingerprint density at radius 3 is 2.70 bits per heavy atom. The van der Waals surface area contributed by atoms with E-state index in [1.54, 1.807) is 11.3 Å². The van der Waals surface area contributed by atoms with Crippen molar-refractivity contribution in [3.8, 4) is 0 Å². The Labute approximate surface area is 148 Å². The van der Waals surface area contributed by atoms with Crippen LogP contribution in [-0.2, 0) is 24.2 Å². The quantitative estimate of drug-likeness (QED) is 0.352. The Bertz CT molecular complexity index is 658. The molecule has 126 valence electrons. The average Bonchev–Trinajstić information content (AvgIpc) is 3.11. The number of aromatic nitrogens is 1. The predicted octanol–water partition coefficient (Wildman–Crippen LogP) is 2.04. The minimum absolute atomic E-state index is 0. The van der Waals surface area contributed by atoms with Gasteiger partial charge in [-0.3, -0.25) is 10.2 Å². The van der Waals surface area contributed by atoms with E-state index in [1.807, 2.05) is 22.9 Å². The van der Waals surface area contributed by atoms with Gasteiger partial charge in [0.1, 0.15) is 0 Å². The van der Waals surface area contributed by atoms with Crippen molar-refractivity contribution in [2.75, 3.05) is 5.32 Å². The molecule has 3 amide bonds. The highest BCUT2D eigenvalue weighted by atomic mass is 35.5. The van der Waals surface area contributed by atoms with Crippen LogP contribution in [0.3, 0.4) is 0 Å². The predicted molar refractivity (Wildman–Crippen MR) is 95.0 cm³/mol. The molecule has 7 nitrogen and oxygen atoms in total. The van der Waals surface area contributed by atoms with Gasteiger partial charge in [0.2, 0.25) is 5.91 Å². The number of halogens is 1. The van der Waals surface area contributed by atoms with Gasteiger partial charge in [-0.15, -0.1) is 35.1 Å². The number of anilines is 1. The van der Waals surface area contributed by atoms with E-state index in [-0.39, 0.29) is 18.3 Å². The summed E-state index contributed by atoms with van der Waals surface area (Å²) in [5.41, 5.74) is 2.98. The SMILES string of the molecule is CC(=O)Nc1nc(CCc2ccc(CNC(=O)NN)s2)cs1.Cl. The van der Waals surface area contributed by atoms with E-state index in [0.717, 1.165) is 23.4 Å². The number of carbonyl (C=O) groups excluding carboxylic acids is 2. The molecule has 2 aromatic heterocycles. The van der Waals surface area contributed by atoms with Gasteiger partial charge in [0, 0.05) is 22.1 Å². The zero-order valence-corrected chi connectivity index (χ0v) is 14.9. The van der Waals surface area contributed by atoms with Crippen LogP contribution in [0.1, 0.15) is 22.4 Å². The fourth-order valence-corrected chi connectivity index (χ4v) is 3.50. The summed E-state index contributed by atoms with van der Waals surface area (Å²) in [6.45, 7) is 1.92. The van der Waals surface area contributed by atoms with Gasteiger partial charge >= 0.3 is 6.03 Å². The molecule has 0 unspecified atom stereocenters. The molecule has 5 N–H and O–H groups in total. The number of thiazole rings is 1. The molecule has 0 atom stereocenters. The van der Waals surface area contributed by atoms with Crippen LogP contribution < -0.4 is 21.9 Å². The largest absolute Gasteiger partial charge is 0.332 e. The molecular weight excluding hydrogens is 358 g/mol. The van der Waals surface area contributed by atoms with Crippen LogP contribution in [0, 0.1) is 0 Å². The van der Waals surface area contributed by atoms with Crippen LogP contribution in [0.2, 0.25) is 0 Å². The van der Waals surface area contributed by atoms with Crippen molar-refractivity contribution in [2.24, 2.45) is 5.84 Å². The van der Waals surface area contributed by atoms with Gasteiger partial charge in [0.05, 0.1) is 12.2 Å². The first kappa shape index (κ1) is 19.4. The third-order valence-electron chi connectivity index (χ3n) is 2.73. The van der Waals surface area contributed by atoms with Gasteiger partial charge in [0.15, 0.2) is 5.13 Å². The number of aryl methyl sites for hydroxylation is 2. The summed E-state index contributed by atoms with van der Waals surface area (Å²) in [6, 6.07) is 3.63. The summed E-state index contributed by atoms with van der Waals surface area (Å²) in [4.78, 5) is 28.6. The summed E-state index contributed by atoms with van der Waals surface area (Å²) < 4.78 is 0. The lowest BCUT2D eigenvalue weighted by Gasteiger charge is -2.00. The van der Waals surface area contributed by atoms with Crippen LogP contribution in [0.15, 0.2) is 17.5 Å². The second-order valence-corrected chi connectivity index (χ2v) is 6.63. The second-order valence-electron chi connectivity index (χ2n) is 4.52. The summed E-state index contributed by atoms with van der Waals surface area (Å²) in [6.07, 6.45) is 1.68. The number of rotatable bonds is 6. The van der Waals surface area contributed by atoms with Crippen LogP contribution >= 0.6 is 35.1 Å². The molecule has 0 aliphatic carbocycles. The van der Waals surface area contributed by atoms with E-state index in [4.69, 9.17) is 5.84 Å². The molecule has 0 bridgehead atoms. The topological polar surface area (TPSA) is 109 Å². The molecule has 0 fully saturated rings. The smallest absolute Gasteiger partial charge is 0.329 e. The highest BCUT2D eigenvalue weighted by molar-refractivity contribution is 7.14. The number of nitrogens with one attached hydrogen (secondary N) is 3. The number of hydrogen-bond acceptors (Lipinski definition) is 6. The van der Waals surface area contributed by atoms with E-state index >= 15 is 0 Å². The highest BCUT2D eigenvalue weighted by Crippen LogP contribution is 2.20. The summed E-state index contributed by atoms with van der Waals surface area (Å²) >= 11 is 3.07. The molecular formula is C13H18ClN5O2S2. The lowest BCUT2D eigenvalue weighted by molar-refractivity contribution is -0.114. The molecule has 0 aliphatic rings. The summed E-state index contributed by atoms with van der Waals surface area (Å²) in [7, 11) is 0. The zero-order chi connectivity index (χ0) is 15.9. The second kappa shape index (κ2) is 9.46. The first-order chi connectivity index (χ1) is 10.6. The minimum atomic E-state index is -0.400. The number of amides is 3. The van der Waals surface area contributed by atoms with Crippen molar-refractivity contribution < 1.29 is 9.59 Å². The Morgan fingerprint density at radius 2 is 2.00 bits per heavy atom. The Kier molecular flexibility index (Phi) is 7.96. The lowest BCUT2D eigenvalue weighted by Crippen LogP contribution is -2.39. The molecule has 2 aromatic rings. The monoisotopic (exact) mass is 375 g/mol. The maximum Gasteiger partial charge on any atom is 0.329 e. The van der Waals surface area contributed by atoms with E-state index in [1.165, 1.54) is 23.1 Å². The van der Waals surface area contributed by atoms with Gasteiger partial charge < -0.3 is 10.6 Å². The van der Waals surface area contributed by atoms with Crippen molar-refractivity contribution in [1.29, 1.82) is 0 Å². The molecule has 0 saturated heterocycles. The molecule has 0 aromatic carbocycles. The molecule has 2 heterocycles. The molecule has 2 rings (SSSR count). The first-order valence-electron chi connectivity index (χ1n) is 6.61. The number of nitrogens with zero attached hydrogens (tertiary/aromatic N) is 1. The number of nitrogens with two attached hydrogens (primary N) is 1. The third kappa shape index (κ3) is 6.53. The number of hydrazine groups is 1. The first-order valence-corrected chi connectivity index (χ1v) is 8.30. The maximum absolute atomic E-state index is 11.0. The van der Waals surface area contributed by atoms with Crippen LogP contribution in [0.5, 0.6) is 0 Å². The van der Waals surface area contributed by atoms with Gasteiger partial charge in [-0.05, 0) is 25.0 Å². The Balaban J connectivity index is 0.00000264. The van der Waals surface area contributed by atoms with Crippen molar-refractivity contribution >= 4 is 52.2 Å². The van der Waals surface area contributed by atoms with Crippen molar-refractivity contribution in [1.82, 2.24) is 15.7 Å². The number of carbonyl (C=O) groups is 2. The molecule has 0 saturated carbocycles. The number of urea groups is 1. The van der Waals surface area contributed by atoms with Gasteiger partial charge in [0.25, 0.3) is 0 Å². The van der Waals surface area contributed by atoms with Crippen molar-refractivity contribution in [2.45, 2.75) is 26.3 Å². The van der Waals surface area contributed by atoms with Crippen LogP contribution in [0.25, 0.3) is 0 Å². The molecule has 0 spiro atoms. The van der Waals surface area contributed by atoms with Crippen molar-refractivity contribution in [3.05, 3.63) is 33.0 Å². The van der Waals surface area contributed by atoms with Gasteiger partial charge in [-0.25, -0.2) is 15.6 Å². The van der Waals surface area contributed by atoms with E-state index in [2.05, 4.69) is 15.6 Å². The standard InChI is InChI=1S/C13H17N5O2S2.ClH/c1-8(19)16-13-17-9(7-21-13)2-3-10-4-5-11(22-10)6-15-12(20)18-14;/h4-5,7H,2-3,6,14H2,1H3,(H2,15,18,20)(H,16,17,19);1H. The summed E-state index contributed by atoms with van der Waals surface area (Å²) in [5.74, 6) is 4.88. The van der Waals surface area contributed by atoms with Gasteiger partial charge in [-0.1, -0.05) is 0 Å². The van der Waals surface area contributed by atoms with Crippen molar-refractivity contribution in [3.63, 3.8) is 0 Å². The highest BCUT2D eigenvalue weighted by Gasteiger charge is 2.06. The molecule has 0 radical (unpaired) electrons. The van der Waals surface area contributed by atoms with E-state index in [9.17, 15) is 9.59 Å². The fraction of sp³-hybridized carbons (Fsp3) is 0.308. The molecule has 10 heteroatoms. The Hall–Kier alpha value is -1.68. The van der Waals surface area contributed by atoms with E-state index in [0.29, 0.717) is 11.7 Å². The normalized spacial score (nSPS) is 9.83. The zero-order valence-electron chi connectivity index (χ0n) is 12.4. The molecule has 0 aliphatic heterocycles. The number of hydrogen-bond donors (Lipinski definition) is 4. The average molecular weight is 376 g/mol. The fourth-order valence-electron chi connectivity index (χ4n) is 1.75. The Morgan fingerprint density at radius 1 is 1.26 bits per heavy atom. The summed E-state index contributed by atoms with van der Waals surface area (Å²) in [5, 5.41) is 7.90. The van der Waals surface area contributed by atoms with Gasteiger partial charge in [-0.2, -0.15) is 0 Å². The molecule has 23 heavy (non-hydrogen) atoms. The van der Waals surface area contributed by atoms with E-state index < -0.39 is 6.03 Å². The lowest BCUT2D eigenvalue weighted by atomic mass is 10.2. The van der Waals surface area contributed by atoms with Crippen LogP contribution in [0.4, 0.5) is 9.93 Å². The number of thiophene rings is 1. The van der Waals surface area contributed by atoms with Crippen LogP contribution in [-0.4, -0.2) is 16.9 Å². The third-order valence-corrected chi connectivity index (χ3v) is 4.69. The maximum atomic E-state index is 11.0. The minimum Gasteiger partial charge on any atom is -0.332 e.